The van der Waals surface area contributed by atoms with E-state index in [0.717, 1.165) is 44.8 Å². The molecule has 0 fully saturated rings. The maximum Gasteiger partial charge on any atom is 0.282 e. The Morgan fingerprint density at radius 3 is 2.49 bits per heavy atom. The lowest BCUT2D eigenvalue weighted by atomic mass is 10.2. The van der Waals surface area contributed by atoms with Gasteiger partial charge in [-0.15, -0.1) is 0 Å². The Labute approximate surface area is 234 Å². The zero-order valence-corrected chi connectivity index (χ0v) is 23.6. The molecule has 0 aliphatic rings. The average molecular weight is 587 g/mol. The van der Waals surface area contributed by atoms with Crippen LogP contribution in [-0.2, 0) is 13.0 Å². The van der Waals surface area contributed by atoms with Crippen LogP contribution in [0.1, 0.15) is 41.7 Å². The minimum absolute atomic E-state index is 0.189. The van der Waals surface area contributed by atoms with Crippen molar-refractivity contribution < 1.29 is 9.13 Å². The van der Waals surface area contributed by atoms with Crippen molar-refractivity contribution in [2.75, 3.05) is 0 Å². The van der Waals surface area contributed by atoms with Gasteiger partial charge in [-0.2, -0.15) is 9.78 Å². The van der Waals surface area contributed by atoms with Crippen LogP contribution in [-0.4, -0.2) is 20.4 Å². The predicted molar refractivity (Wildman–Crippen MR) is 157 cm³/mol. The fraction of sp³-hybridized carbons (Fsp3) is 0.194. The van der Waals surface area contributed by atoms with Crippen LogP contribution >= 0.6 is 15.9 Å². The number of rotatable bonds is 8. The number of fused-ring (bicyclic) bond motifs is 1. The highest BCUT2D eigenvalue weighted by Gasteiger charge is 2.13. The van der Waals surface area contributed by atoms with Crippen molar-refractivity contribution in [1.29, 1.82) is 0 Å². The Kier molecular flexibility index (Phi) is 7.74. The highest BCUT2D eigenvalue weighted by Crippen LogP contribution is 2.23. The van der Waals surface area contributed by atoms with Crippen molar-refractivity contribution in [1.82, 2.24) is 14.2 Å². The van der Waals surface area contributed by atoms with Gasteiger partial charge in [0.1, 0.15) is 24.0 Å². The first kappa shape index (κ1) is 26.6. The van der Waals surface area contributed by atoms with E-state index in [2.05, 4.69) is 32.5 Å². The molecule has 3 aromatic carbocycles. The first-order chi connectivity index (χ1) is 18.8. The van der Waals surface area contributed by atoms with Crippen LogP contribution < -0.4 is 10.3 Å². The molecule has 0 aliphatic carbocycles. The largest absolute Gasteiger partial charge is 0.489 e. The van der Waals surface area contributed by atoms with Gasteiger partial charge in [-0.25, -0.2) is 9.37 Å². The van der Waals surface area contributed by atoms with Crippen molar-refractivity contribution in [3.05, 3.63) is 122 Å². The molecule has 0 unspecified atom stereocenters. The fourth-order valence-electron chi connectivity index (χ4n) is 4.57. The lowest BCUT2D eigenvalue weighted by Gasteiger charge is -2.12. The van der Waals surface area contributed by atoms with Crippen molar-refractivity contribution >= 4 is 33.0 Å². The van der Waals surface area contributed by atoms with E-state index in [1.54, 1.807) is 24.4 Å². The maximum atomic E-state index is 13.3. The topological polar surface area (TPSA) is 61.4 Å². The Morgan fingerprint density at radius 2 is 1.77 bits per heavy atom. The number of hydrogen-bond acceptors (Lipinski definition) is 4. The van der Waals surface area contributed by atoms with E-state index in [1.807, 2.05) is 56.3 Å². The summed E-state index contributed by atoms with van der Waals surface area (Å²) in [5.74, 6) is 1.10. The molecule has 0 N–H and O–H groups in total. The Bertz CT molecular complexity index is 1720. The van der Waals surface area contributed by atoms with E-state index in [0.29, 0.717) is 29.8 Å². The Morgan fingerprint density at radius 1 is 1.03 bits per heavy atom. The molecule has 0 aliphatic heterocycles. The van der Waals surface area contributed by atoms with Crippen LogP contribution in [0, 0.1) is 19.7 Å². The maximum absolute atomic E-state index is 13.3. The van der Waals surface area contributed by atoms with E-state index in [-0.39, 0.29) is 11.4 Å². The monoisotopic (exact) mass is 586 g/mol. The Hall–Kier alpha value is -4.04. The number of aryl methyl sites for hydroxylation is 2. The van der Waals surface area contributed by atoms with Gasteiger partial charge in [0.25, 0.3) is 5.56 Å². The molecule has 0 radical (unpaired) electrons. The average Bonchev–Trinajstić information content (AvgIpc) is 3.21. The molecule has 0 saturated heterocycles. The Balaban J connectivity index is 1.41. The molecule has 2 heterocycles. The van der Waals surface area contributed by atoms with Gasteiger partial charge in [-0.05, 0) is 86.5 Å². The second-order valence-corrected chi connectivity index (χ2v) is 10.3. The SMILES string of the molecule is CCCc1nc2ccc(Br)cc2c(=O)n1N=Cc1cc(C)n(-c2ccc(OCc3ccc(F)cc3)cc2)c1C. The zero-order chi connectivity index (χ0) is 27.5. The third-order valence-electron chi connectivity index (χ3n) is 6.55. The number of nitrogens with zero attached hydrogens (tertiary/aromatic N) is 4. The molecule has 8 heteroatoms. The van der Waals surface area contributed by atoms with Gasteiger partial charge in [0.2, 0.25) is 0 Å². The van der Waals surface area contributed by atoms with Crippen molar-refractivity contribution in [3.8, 4) is 11.4 Å². The summed E-state index contributed by atoms with van der Waals surface area (Å²) in [4.78, 5) is 18.0. The summed E-state index contributed by atoms with van der Waals surface area (Å²) in [7, 11) is 0. The van der Waals surface area contributed by atoms with Gasteiger partial charge in [0.05, 0.1) is 17.1 Å². The molecule has 6 nitrogen and oxygen atoms in total. The summed E-state index contributed by atoms with van der Waals surface area (Å²) in [5.41, 5.74) is 5.31. The lowest BCUT2D eigenvalue weighted by Crippen LogP contribution is -2.22. The quantitative estimate of drug-likeness (QED) is 0.182. The van der Waals surface area contributed by atoms with Crippen LogP contribution in [0.15, 0.2) is 87.2 Å². The molecule has 0 saturated carbocycles. The molecular formula is C31H28BrFN4O2. The van der Waals surface area contributed by atoms with Crippen molar-refractivity contribution in [2.24, 2.45) is 5.10 Å². The highest BCUT2D eigenvalue weighted by atomic mass is 79.9. The molecule has 5 aromatic rings. The number of ether oxygens (including phenoxy) is 1. The van der Waals surface area contributed by atoms with Crippen molar-refractivity contribution in [2.45, 2.75) is 40.2 Å². The van der Waals surface area contributed by atoms with E-state index >= 15 is 0 Å². The standard InChI is InChI=1S/C31H28BrFN4O2/c1-4-5-30-35-29-15-8-24(32)17-28(29)31(38)37(30)34-18-23-16-20(2)36(21(23)3)26-11-13-27(14-12-26)39-19-22-6-9-25(33)10-7-22/h6-18H,4-5,19H2,1-3H3. The van der Waals surface area contributed by atoms with E-state index in [1.165, 1.54) is 16.8 Å². The summed E-state index contributed by atoms with van der Waals surface area (Å²) in [6, 6.07) is 21.7. The molecule has 0 atom stereocenters. The van der Waals surface area contributed by atoms with Crippen LogP contribution in [0.2, 0.25) is 0 Å². The van der Waals surface area contributed by atoms with Gasteiger partial charge in [0, 0.05) is 33.5 Å². The summed E-state index contributed by atoms with van der Waals surface area (Å²) in [6.45, 7) is 6.48. The van der Waals surface area contributed by atoms with Gasteiger partial charge in [-0.3, -0.25) is 4.79 Å². The van der Waals surface area contributed by atoms with Gasteiger partial charge < -0.3 is 9.30 Å². The molecule has 0 amide bonds. The third kappa shape index (κ3) is 5.71. The number of hydrogen-bond donors (Lipinski definition) is 0. The normalized spacial score (nSPS) is 11.5. The summed E-state index contributed by atoms with van der Waals surface area (Å²) >= 11 is 3.45. The number of halogens is 2. The first-order valence-corrected chi connectivity index (χ1v) is 13.6. The van der Waals surface area contributed by atoms with E-state index in [4.69, 9.17) is 9.72 Å². The molecular weight excluding hydrogens is 559 g/mol. The van der Waals surface area contributed by atoms with Gasteiger partial charge in [-0.1, -0.05) is 35.0 Å². The second kappa shape index (κ2) is 11.4. The van der Waals surface area contributed by atoms with Crippen LogP contribution in [0.25, 0.3) is 16.6 Å². The summed E-state index contributed by atoms with van der Waals surface area (Å²) in [5, 5.41) is 5.12. The zero-order valence-electron chi connectivity index (χ0n) is 22.0. The second-order valence-electron chi connectivity index (χ2n) is 9.37. The molecule has 5 rings (SSSR count). The number of benzene rings is 3. The third-order valence-corrected chi connectivity index (χ3v) is 7.04. The van der Waals surface area contributed by atoms with Crippen LogP contribution in [0.5, 0.6) is 5.75 Å². The highest BCUT2D eigenvalue weighted by molar-refractivity contribution is 9.10. The van der Waals surface area contributed by atoms with Crippen LogP contribution in [0.4, 0.5) is 4.39 Å². The van der Waals surface area contributed by atoms with E-state index < -0.39 is 0 Å². The lowest BCUT2D eigenvalue weighted by molar-refractivity contribution is 0.306. The van der Waals surface area contributed by atoms with Gasteiger partial charge in [0.15, 0.2) is 0 Å². The van der Waals surface area contributed by atoms with E-state index in [9.17, 15) is 9.18 Å². The molecule has 198 valence electrons. The number of aromatic nitrogens is 3. The minimum Gasteiger partial charge on any atom is -0.489 e. The molecule has 2 aromatic heterocycles. The predicted octanol–water partition coefficient (Wildman–Crippen LogP) is 7.12. The smallest absolute Gasteiger partial charge is 0.282 e. The minimum atomic E-state index is -0.263. The molecule has 0 spiro atoms. The van der Waals surface area contributed by atoms with Gasteiger partial charge >= 0.3 is 0 Å². The van der Waals surface area contributed by atoms with Crippen LogP contribution in [0.3, 0.4) is 0 Å². The summed E-state index contributed by atoms with van der Waals surface area (Å²) in [6.07, 6.45) is 3.22. The molecule has 39 heavy (non-hydrogen) atoms. The summed E-state index contributed by atoms with van der Waals surface area (Å²) < 4.78 is 23.4. The first-order valence-electron chi connectivity index (χ1n) is 12.8. The van der Waals surface area contributed by atoms with Crippen molar-refractivity contribution in [3.63, 3.8) is 0 Å². The molecule has 0 bridgehead atoms. The fourth-order valence-corrected chi connectivity index (χ4v) is 4.93.